The lowest BCUT2D eigenvalue weighted by Crippen LogP contribution is -2.26. The van der Waals surface area contributed by atoms with Crippen LogP contribution in [0.15, 0.2) is 30.0 Å². The maximum Gasteiger partial charge on any atom is 0.276 e. The third kappa shape index (κ3) is 2.52. The van der Waals surface area contributed by atoms with E-state index in [1.165, 1.54) is 4.90 Å². The first kappa shape index (κ1) is 14.5. The number of rotatable bonds is 3. The zero-order valence-electron chi connectivity index (χ0n) is 11.7. The van der Waals surface area contributed by atoms with E-state index in [0.717, 1.165) is 11.3 Å². The van der Waals surface area contributed by atoms with Gasteiger partial charge in [-0.25, -0.2) is 0 Å². The van der Waals surface area contributed by atoms with E-state index in [0.29, 0.717) is 10.8 Å². The molecule has 20 heavy (non-hydrogen) atoms. The first-order chi connectivity index (χ1) is 9.45. The largest absolute Gasteiger partial charge is 0.376 e. The van der Waals surface area contributed by atoms with Gasteiger partial charge in [0.2, 0.25) is 0 Å². The molecule has 0 unspecified atom stereocenters. The molecule has 2 rings (SSSR count). The molecule has 1 N–H and O–H groups in total. The van der Waals surface area contributed by atoms with Crippen LogP contribution in [0.25, 0.3) is 6.08 Å². The Kier molecular flexibility index (Phi) is 4.06. The lowest BCUT2D eigenvalue weighted by atomic mass is 10.1. The van der Waals surface area contributed by atoms with Gasteiger partial charge in [-0.1, -0.05) is 12.1 Å². The van der Waals surface area contributed by atoms with Gasteiger partial charge in [0.15, 0.2) is 5.11 Å². The van der Waals surface area contributed by atoms with Gasteiger partial charge < -0.3 is 14.9 Å². The van der Waals surface area contributed by atoms with Crippen molar-refractivity contribution in [3.63, 3.8) is 0 Å². The lowest BCUT2D eigenvalue weighted by molar-refractivity contribution is -0.121. The summed E-state index contributed by atoms with van der Waals surface area (Å²) in [5, 5.41) is 9.56. The van der Waals surface area contributed by atoms with Crippen LogP contribution >= 0.6 is 12.2 Å². The Labute approximate surface area is 123 Å². The molecule has 0 aromatic heterocycles. The number of amides is 1. The molecule has 1 fully saturated rings. The summed E-state index contributed by atoms with van der Waals surface area (Å²) in [5.41, 5.74) is 2.38. The van der Waals surface area contributed by atoms with Crippen molar-refractivity contribution in [3.05, 3.63) is 35.5 Å². The van der Waals surface area contributed by atoms with E-state index in [4.69, 9.17) is 17.3 Å². The lowest BCUT2D eigenvalue weighted by Gasteiger charge is -2.15. The second-order valence-corrected chi connectivity index (χ2v) is 5.03. The van der Waals surface area contributed by atoms with Crippen molar-refractivity contribution in [1.82, 2.24) is 9.80 Å². The minimum Gasteiger partial charge on any atom is -0.376 e. The normalized spacial score (nSPS) is 17.3. The van der Waals surface area contributed by atoms with Gasteiger partial charge in [0.1, 0.15) is 12.4 Å². The molecule has 5 nitrogen and oxygen atoms in total. The van der Waals surface area contributed by atoms with Gasteiger partial charge in [0.05, 0.1) is 0 Å². The molecule has 106 valence electrons. The Balaban J connectivity index is 2.27. The molecule has 1 aromatic rings. The van der Waals surface area contributed by atoms with Crippen molar-refractivity contribution in [2.45, 2.75) is 0 Å². The van der Waals surface area contributed by atoms with E-state index in [1.807, 2.05) is 24.3 Å². The fourth-order valence-corrected chi connectivity index (χ4v) is 2.13. The number of hydrogen-bond donors (Lipinski definition) is 1. The van der Waals surface area contributed by atoms with Gasteiger partial charge in [-0.15, -0.1) is 0 Å². The standard InChI is InChI=1S/C14H17N3O2S/c1-15(9-18)11-6-4-10(5-7-11)8-12-13(19)17(3)14(20)16(12)2/h4-8,18H,9H2,1-3H3. The fraction of sp³-hybridized carbons (Fsp3) is 0.286. The Morgan fingerprint density at radius 1 is 1.25 bits per heavy atom. The third-order valence-electron chi connectivity index (χ3n) is 3.31. The Morgan fingerprint density at radius 2 is 1.85 bits per heavy atom. The Morgan fingerprint density at radius 3 is 2.30 bits per heavy atom. The highest BCUT2D eigenvalue weighted by Gasteiger charge is 2.32. The smallest absolute Gasteiger partial charge is 0.276 e. The first-order valence-electron chi connectivity index (χ1n) is 6.15. The fourth-order valence-electron chi connectivity index (χ4n) is 1.95. The number of carbonyl (C=O) groups excluding carboxylic acids is 1. The quantitative estimate of drug-likeness (QED) is 0.513. The summed E-state index contributed by atoms with van der Waals surface area (Å²) in [5.74, 6) is -0.103. The number of anilines is 1. The molecule has 1 aromatic carbocycles. The second-order valence-electron chi connectivity index (χ2n) is 4.67. The average Bonchev–Trinajstić information content (AvgIpc) is 2.65. The number of aliphatic hydroxyl groups excluding tert-OH is 1. The third-order valence-corrected chi connectivity index (χ3v) is 3.86. The van der Waals surface area contributed by atoms with Crippen molar-refractivity contribution in [3.8, 4) is 0 Å². The van der Waals surface area contributed by atoms with Crippen molar-refractivity contribution in [2.24, 2.45) is 0 Å². The predicted molar refractivity (Wildman–Crippen MR) is 83.0 cm³/mol. The van der Waals surface area contributed by atoms with E-state index in [1.54, 1.807) is 37.0 Å². The minimum absolute atomic E-state index is 0.0409. The summed E-state index contributed by atoms with van der Waals surface area (Å²) >= 11 is 5.16. The van der Waals surface area contributed by atoms with E-state index < -0.39 is 0 Å². The van der Waals surface area contributed by atoms with Gasteiger partial charge in [-0.2, -0.15) is 0 Å². The molecule has 0 saturated carbocycles. The van der Waals surface area contributed by atoms with Gasteiger partial charge in [-0.05, 0) is 36.0 Å². The maximum absolute atomic E-state index is 12.0. The van der Waals surface area contributed by atoms with Crippen LogP contribution in [0.3, 0.4) is 0 Å². The monoisotopic (exact) mass is 291 g/mol. The van der Waals surface area contributed by atoms with Crippen molar-refractivity contribution in [2.75, 3.05) is 32.8 Å². The molecular formula is C14H17N3O2S. The summed E-state index contributed by atoms with van der Waals surface area (Å²) < 4.78 is 0. The van der Waals surface area contributed by atoms with Crippen molar-refractivity contribution in [1.29, 1.82) is 0 Å². The molecule has 0 bridgehead atoms. The topological polar surface area (TPSA) is 47.0 Å². The summed E-state index contributed by atoms with van der Waals surface area (Å²) in [7, 11) is 5.25. The van der Waals surface area contributed by atoms with E-state index >= 15 is 0 Å². The summed E-state index contributed by atoms with van der Waals surface area (Å²) in [4.78, 5) is 16.9. The summed E-state index contributed by atoms with van der Waals surface area (Å²) in [6.45, 7) is -0.0409. The second kappa shape index (κ2) is 5.60. The molecular weight excluding hydrogens is 274 g/mol. The molecule has 1 saturated heterocycles. The number of hydrogen-bond acceptors (Lipinski definition) is 4. The molecule has 6 heteroatoms. The van der Waals surface area contributed by atoms with Crippen LogP contribution in [0.2, 0.25) is 0 Å². The van der Waals surface area contributed by atoms with Crippen LogP contribution in [0.1, 0.15) is 5.56 Å². The Hall–Kier alpha value is -1.92. The van der Waals surface area contributed by atoms with E-state index in [2.05, 4.69) is 0 Å². The van der Waals surface area contributed by atoms with Crippen LogP contribution in [0, 0.1) is 0 Å². The molecule has 0 spiro atoms. The number of carbonyl (C=O) groups is 1. The van der Waals surface area contributed by atoms with Crippen LogP contribution in [-0.4, -0.2) is 53.8 Å². The van der Waals surface area contributed by atoms with Crippen LogP contribution in [0.4, 0.5) is 5.69 Å². The van der Waals surface area contributed by atoms with Gasteiger partial charge >= 0.3 is 0 Å². The number of benzene rings is 1. The van der Waals surface area contributed by atoms with Crippen molar-refractivity contribution < 1.29 is 9.90 Å². The van der Waals surface area contributed by atoms with E-state index in [-0.39, 0.29) is 12.6 Å². The average molecular weight is 291 g/mol. The number of nitrogens with zero attached hydrogens (tertiary/aromatic N) is 3. The number of thiocarbonyl (C=S) groups is 1. The molecule has 1 aliphatic heterocycles. The highest BCUT2D eigenvalue weighted by molar-refractivity contribution is 7.80. The zero-order valence-corrected chi connectivity index (χ0v) is 12.5. The maximum atomic E-state index is 12.0. The van der Waals surface area contributed by atoms with Gasteiger partial charge in [0.25, 0.3) is 5.91 Å². The summed E-state index contributed by atoms with van der Waals surface area (Å²) in [6, 6.07) is 7.59. The summed E-state index contributed by atoms with van der Waals surface area (Å²) in [6.07, 6.45) is 1.81. The zero-order chi connectivity index (χ0) is 14.9. The molecule has 1 aliphatic rings. The molecule has 0 atom stereocenters. The highest BCUT2D eigenvalue weighted by atomic mass is 32.1. The Bertz CT molecular complexity index is 568. The minimum atomic E-state index is -0.103. The molecule has 0 radical (unpaired) electrons. The molecule has 0 aliphatic carbocycles. The van der Waals surface area contributed by atoms with Crippen molar-refractivity contribution >= 4 is 35.0 Å². The van der Waals surface area contributed by atoms with Crippen LogP contribution < -0.4 is 4.90 Å². The first-order valence-corrected chi connectivity index (χ1v) is 6.56. The predicted octanol–water partition coefficient (Wildman–Crippen LogP) is 1.10. The van der Waals surface area contributed by atoms with E-state index in [9.17, 15) is 4.79 Å². The highest BCUT2D eigenvalue weighted by Crippen LogP contribution is 2.21. The van der Waals surface area contributed by atoms with Crippen LogP contribution in [-0.2, 0) is 4.79 Å². The molecule has 1 amide bonds. The number of aliphatic hydroxyl groups is 1. The van der Waals surface area contributed by atoms with Crippen LogP contribution in [0.5, 0.6) is 0 Å². The number of likely N-dealkylation sites (N-methyl/N-ethyl adjacent to an activating group) is 2. The molecule has 1 heterocycles. The SMILES string of the molecule is CN1C(=O)C(=Cc2ccc(N(C)CO)cc2)N(C)C1=S. The van der Waals surface area contributed by atoms with Gasteiger partial charge in [0, 0.05) is 26.8 Å². The van der Waals surface area contributed by atoms with Gasteiger partial charge in [-0.3, -0.25) is 9.69 Å².